The fraction of sp³-hybridized carbons (Fsp3) is 0.619. The van der Waals surface area contributed by atoms with Crippen molar-refractivity contribution < 1.29 is 22.7 Å². The minimum absolute atomic E-state index is 0.0151. The van der Waals surface area contributed by atoms with Crippen LogP contribution in [0.2, 0.25) is 0 Å². The van der Waals surface area contributed by atoms with Gasteiger partial charge in [0.15, 0.2) is 0 Å². The zero-order valence-electron chi connectivity index (χ0n) is 17.4. The van der Waals surface area contributed by atoms with Crippen LogP contribution in [-0.2, 0) is 24.3 Å². The number of hydrogen-bond donors (Lipinski definition) is 0. The Morgan fingerprint density at radius 2 is 1.90 bits per heavy atom. The molecule has 1 amide bonds. The van der Waals surface area contributed by atoms with E-state index < -0.39 is 10.0 Å². The van der Waals surface area contributed by atoms with Crippen molar-refractivity contribution in [2.75, 3.05) is 36.8 Å². The first-order valence-electron chi connectivity index (χ1n) is 10.2. The first-order chi connectivity index (χ1) is 13.7. The van der Waals surface area contributed by atoms with Crippen molar-refractivity contribution in [3.05, 3.63) is 29.3 Å². The molecule has 2 heterocycles. The quantitative estimate of drug-likeness (QED) is 0.658. The van der Waals surface area contributed by atoms with Crippen molar-refractivity contribution in [2.24, 2.45) is 5.92 Å². The number of hydrogen-bond acceptors (Lipinski definition) is 5. The van der Waals surface area contributed by atoms with E-state index in [9.17, 15) is 18.0 Å². The molecule has 0 spiro atoms. The minimum Gasteiger partial charge on any atom is -0.466 e. The number of nitrogens with zero attached hydrogens (tertiary/aromatic N) is 2. The first-order valence-corrected chi connectivity index (χ1v) is 12.1. The average Bonchev–Trinajstić information content (AvgIpc) is 3.04. The molecule has 1 atom stereocenters. The van der Waals surface area contributed by atoms with E-state index in [0.717, 1.165) is 16.8 Å². The third-order valence-electron chi connectivity index (χ3n) is 5.86. The molecule has 0 saturated carbocycles. The van der Waals surface area contributed by atoms with Gasteiger partial charge in [-0.1, -0.05) is 12.1 Å². The van der Waals surface area contributed by atoms with Crippen LogP contribution in [0.15, 0.2) is 18.2 Å². The Balaban J connectivity index is 1.58. The Kier molecular flexibility index (Phi) is 6.51. The SMILES string of the molecule is CCOC(=O)C1CCN(C(=O)CCC2CN(S(C)(=O)=O)c3cc(C)ccc32)CC1. The molecule has 3 rings (SSSR count). The monoisotopic (exact) mass is 422 g/mol. The Hall–Kier alpha value is -2.09. The van der Waals surface area contributed by atoms with Crippen LogP contribution in [0.25, 0.3) is 0 Å². The molecule has 0 radical (unpaired) electrons. The highest BCUT2D eigenvalue weighted by Crippen LogP contribution is 2.40. The van der Waals surface area contributed by atoms with Gasteiger partial charge in [0, 0.05) is 32.0 Å². The van der Waals surface area contributed by atoms with E-state index in [0.29, 0.717) is 51.9 Å². The summed E-state index contributed by atoms with van der Waals surface area (Å²) in [4.78, 5) is 26.3. The summed E-state index contributed by atoms with van der Waals surface area (Å²) in [6.07, 6.45) is 3.48. The summed E-state index contributed by atoms with van der Waals surface area (Å²) in [6.45, 7) is 5.64. The van der Waals surface area contributed by atoms with E-state index >= 15 is 0 Å². The Labute approximate surface area is 173 Å². The number of carbonyl (C=O) groups excluding carboxylic acids is 2. The molecule has 160 valence electrons. The predicted octanol–water partition coefficient (Wildman–Crippen LogP) is 2.44. The molecule has 0 aromatic heterocycles. The van der Waals surface area contributed by atoms with Gasteiger partial charge in [-0.05, 0) is 50.3 Å². The van der Waals surface area contributed by atoms with Crippen LogP contribution in [0.5, 0.6) is 0 Å². The van der Waals surface area contributed by atoms with Gasteiger partial charge >= 0.3 is 5.97 Å². The van der Waals surface area contributed by atoms with Crippen molar-refractivity contribution in [1.82, 2.24) is 4.90 Å². The van der Waals surface area contributed by atoms with Crippen molar-refractivity contribution in [3.63, 3.8) is 0 Å². The predicted molar refractivity (Wildman–Crippen MR) is 111 cm³/mol. The van der Waals surface area contributed by atoms with Gasteiger partial charge in [-0.15, -0.1) is 0 Å². The normalized spacial score (nSPS) is 19.9. The maximum atomic E-state index is 12.7. The lowest BCUT2D eigenvalue weighted by molar-refractivity contribution is -0.151. The first kappa shape index (κ1) is 21.6. The number of esters is 1. The zero-order chi connectivity index (χ0) is 21.2. The number of carbonyl (C=O) groups is 2. The molecular formula is C21H30N2O5S. The fourth-order valence-electron chi connectivity index (χ4n) is 4.25. The number of aryl methyl sites for hydroxylation is 1. The van der Waals surface area contributed by atoms with E-state index in [1.54, 1.807) is 6.92 Å². The lowest BCUT2D eigenvalue weighted by atomic mass is 9.94. The highest BCUT2D eigenvalue weighted by molar-refractivity contribution is 7.92. The maximum absolute atomic E-state index is 12.7. The van der Waals surface area contributed by atoms with Gasteiger partial charge in [0.2, 0.25) is 15.9 Å². The molecule has 1 aromatic rings. The molecule has 1 fully saturated rings. The van der Waals surface area contributed by atoms with E-state index in [1.807, 2.05) is 30.0 Å². The highest BCUT2D eigenvalue weighted by atomic mass is 32.2. The molecule has 29 heavy (non-hydrogen) atoms. The summed E-state index contributed by atoms with van der Waals surface area (Å²) in [5, 5.41) is 0. The van der Waals surface area contributed by atoms with Crippen LogP contribution in [0.4, 0.5) is 5.69 Å². The van der Waals surface area contributed by atoms with E-state index in [4.69, 9.17) is 4.74 Å². The molecule has 2 aliphatic rings. The molecule has 0 N–H and O–H groups in total. The fourth-order valence-corrected chi connectivity index (χ4v) is 5.22. The molecule has 1 aromatic carbocycles. The largest absolute Gasteiger partial charge is 0.466 e. The average molecular weight is 423 g/mol. The standard InChI is InChI=1S/C21H30N2O5S/c1-4-28-21(25)16-9-11-22(12-10-16)20(24)8-6-17-14-23(29(3,26)27)19-13-15(2)5-7-18(17)19/h5,7,13,16-17H,4,6,8-12,14H2,1-3H3. The van der Waals surface area contributed by atoms with Crippen LogP contribution in [0.3, 0.4) is 0 Å². The summed E-state index contributed by atoms with van der Waals surface area (Å²) in [5.74, 6) is -0.203. The number of piperidine rings is 1. The van der Waals surface area contributed by atoms with E-state index in [2.05, 4.69) is 0 Å². The lowest BCUT2D eigenvalue weighted by Crippen LogP contribution is -2.40. The van der Waals surface area contributed by atoms with Crippen molar-refractivity contribution in [3.8, 4) is 0 Å². The number of benzene rings is 1. The molecule has 1 saturated heterocycles. The molecule has 0 aliphatic carbocycles. The summed E-state index contributed by atoms with van der Waals surface area (Å²) in [7, 11) is -3.35. The molecule has 2 aliphatic heterocycles. The molecule has 1 unspecified atom stereocenters. The molecule has 7 nitrogen and oxygen atoms in total. The van der Waals surface area contributed by atoms with E-state index in [1.165, 1.54) is 10.6 Å². The smallest absolute Gasteiger partial charge is 0.309 e. The summed E-state index contributed by atoms with van der Waals surface area (Å²) >= 11 is 0. The van der Waals surface area contributed by atoms with Crippen LogP contribution < -0.4 is 4.31 Å². The summed E-state index contributed by atoms with van der Waals surface area (Å²) in [5.41, 5.74) is 2.74. The second-order valence-corrected chi connectivity index (χ2v) is 9.91. The van der Waals surface area contributed by atoms with Gasteiger partial charge in [-0.2, -0.15) is 0 Å². The molecule has 0 bridgehead atoms. The van der Waals surface area contributed by atoms with E-state index in [-0.39, 0.29) is 23.7 Å². The number of ether oxygens (including phenoxy) is 1. The van der Waals surface area contributed by atoms with Gasteiger partial charge in [-0.3, -0.25) is 13.9 Å². The minimum atomic E-state index is -3.35. The van der Waals surface area contributed by atoms with Crippen LogP contribution in [0, 0.1) is 12.8 Å². The molecular weight excluding hydrogens is 392 g/mol. The lowest BCUT2D eigenvalue weighted by Gasteiger charge is -2.31. The van der Waals surface area contributed by atoms with Gasteiger partial charge in [0.25, 0.3) is 0 Å². The number of anilines is 1. The third kappa shape index (κ3) is 4.91. The highest BCUT2D eigenvalue weighted by Gasteiger charge is 2.34. The van der Waals surface area contributed by atoms with Crippen molar-refractivity contribution in [2.45, 2.75) is 45.4 Å². The Morgan fingerprint density at radius 3 is 2.52 bits per heavy atom. The van der Waals surface area contributed by atoms with Gasteiger partial charge < -0.3 is 9.64 Å². The number of fused-ring (bicyclic) bond motifs is 1. The number of amides is 1. The second-order valence-electron chi connectivity index (χ2n) is 8.00. The van der Waals surface area contributed by atoms with Crippen LogP contribution in [0.1, 0.15) is 49.7 Å². The van der Waals surface area contributed by atoms with Crippen molar-refractivity contribution >= 4 is 27.6 Å². The zero-order valence-corrected chi connectivity index (χ0v) is 18.2. The van der Waals surface area contributed by atoms with Gasteiger partial charge in [0.05, 0.1) is 24.5 Å². The molecule has 8 heteroatoms. The number of likely N-dealkylation sites (tertiary alicyclic amines) is 1. The van der Waals surface area contributed by atoms with Crippen LogP contribution >= 0.6 is 0 Å². The van der Waals surface area contributed by atoms with Gasteiger partial charge in [-0.25, -0.2) is 8.42 Å². The van der Waals surface area contributed by atoms with Crippen LogP contribution in [-0.4, -0.2) is 57.7 Å². The number of rotatable bonds is 6. The van der Waals surface area contributed by atoms with Crippen molar-refractivity contribution in [1.29, 1.82) is 0 Å². The van der Waals surface area contributed by atoms with Gasteiger partial charge in [0.1, 0.15) is 0 Å². The third-order valence-corrected chi connectivity index (χ3v) is 7.00. The summed E-state index contributed by atoms with van der Waals surface area (Å²) in [6, 6.07) is 5.87. The number of sulfonamides is 1. The topological polar surface area (TPSA) is 84.0 Å². The Morgan fingerprint density at radius 1 is 1.21 bits per heavy atom. The second kappa shape index (κ2) is 8.73. The summed E-state index contributed by atoms with van der Waals surface area (Å²) < 4.78 is 30.9. The maximum Gasteiger partial charge on any atom is 0.309 e. The Bertz CT molecular complexity index is 875.